The van der Waals surface area contributed by atoms with Crippen LogP contribution in [0.2, 0.25) is 5.15 Å². The molecule has 0 bridgehead atoms. The van der Waals surface area contributed by atoms with E-state index >= 15 is 0 Å². The molecule has 0 aliphatic rings. The van der Waals surface area contributed by atoms with Crippen LogP contribution in [-0.2, 0) is 6.54 Å². The first-order valence-corrected chi connectivity index (χ1v) is 4.96. The first kappa shape index (κ1) is 10.2. The molecule has 0 saturated heterocycles. The Bertz CT molecular complexity index is 499. The Labute approximate surface area is 92.8 Å². The van der Waals surface area contributed by atoms with Crippen LogP contribution in [0.4, 0.5) is 0 Å². The summed E-state index contributed by atoms with van der Waals surface area (Å²) in [5.74, 6) is 0.720. The van der Waals surface area contributed by atoms with Crippen molar-refractivity contribution < 1.29 is 4.74 Å². The van der Waals surface area contributed by atoms with Crippen LogP contribution in [0.25, 0.3) is 10.9 Å². The maximum atomic E-state index is 5.99. The van der Waals surface area contributed by atoms with Crippen LogP contribution in [0, 0.1) is 0 Å². The summed E-state index contributed by atoms with van der Waals surface area (Å²) in [4.78, 5) is 4.28. The molecule has 1 aromatic carbocycles. The second kappa shape index (κ2) is 4.04. The number of pyridine rings is 1. The number of benzene rings is 1. The van der Waals surface area contributed by atoms with Gasteiger partial charge in [-0.1, -0.05) is 23.7 Å². The molecule has 0 aliphatic heterocycles. The lowest BCUT2D eigenvalue weighted by atomic mass is 10.1. The summed E-state index contributed by atoms with van der Waals surface area (Å²) in [6.07, 6.45) is 0. The highest BCUT2D eigenvalue weighted by Gasteiger charge is 2.06. The molecule has 0 amide bonds. The average molecular weight is 223 g/mol. The van der Waals surface area contributed by atoms with E-state index in [0.29, 0.717) is 11.7 Å². The number of nitrogens with two attached hydrogens (primary N) is 1. The van der Waals surface area contributed by atoms with Crippen LogP contribution < -0.4 is 10.5 Å². The van der Waals surface area contributed by atoms with Crippen molar-refractivity contribution in [3.63, 3.8) is 0 Å². The van der Waals surface area contributed by atoms with E-state index in [1.807, 2.05) is 24.3 Å². The topological polar surface area (TPSA) is 48.1 Å². The first-order valence-electron chi connectivity index (χ1n) is 4.58. The minimum atomic E-state index is 0.388. The Morgan fingerprint density at radius 1 is 1.47 bits per heavy atom. The predicted octanol–water partition coefficient (Wildman–Crippen LogP) is 2.36. The number of hydrogen-bond acceptors (Lipinski definition) is 3. The summed E-state index contributed by atoms with van der Waals surface area (Å²) in [6, 6.07) is 7.67. The fourth-order valence-electron chi connectivity index (χ4n) is 1.50. The fourth-order valence-corrected chi connectivity index (χ4v) is 1.72. The van der Waals surface area contributed by atoms with Crippen molar-refractivity contribution >= 4 is 22.5 Å². The molecule has 2 aromatic rings. The van der Waals surface area contributed by atoms with E-state index in [-0.39, 0.29) is 0 Å². The Balaban J connectivity index is 2.74. The van der Waals surface area contributed by atoms with Gasteiger partial charge in [0.1, 0.15) is 16.4 Å². The number of fused-ring (bicyclic) bond motifs is 1. The van der Waals surface area contributed by atoms with E-state index in [2.05, 4.69) is 4.98 Å². The molecule has 15 heavy (non-hydrogen) atoms. The number of rotatable bonds is 2. The number of para-hydroxylation sites is 1. The molecule has 2 rings (SSSR count). The molecule has 1 aromatic heterocycles. The maximum absolute atomic E-state index is 5.99. The molecule has 0 aliphatic carbocycles. The lowest BCUT2D eigenvalue weighted by molar-refractivity contribution is 0.419. The molecule has 0 radical (unpaired) electrons. The summed E-state index contributed by atoms with van der Waals surface area (Å²) in [7, 11) is 1.61. The molecule has 78 valence electrons. The van der Waals surface area contributed by atoms with Crippen molar-refractivity contribution in [2.24, 2.45) is 5.73 Å². The van der Waals surface area contributed by atoms with Gasteiger partial charge in [-0.15, -0.1) is 0 Å². The molecule has 0 fully saturated rings. The Hall–Kier alpha value is -1.32. The Kier molecular flexibility index (Phi) is 2.75. The third kappa shape index (κ3) is 1.76. The smallest absolute Gasteiger partial charge is 0.145 e. The third-order valence-corrected chi connectivity index (χ3v) is 2.60. The van der Waals surface area contributed by atoms with Crippen LogP contribution >= 0.6 is 11.6 Å². The summed E-state index contributed by atoms with van der Waals surface area (Å²) < 4.78 is 5.20. The highest BCUT2D eigenvalue weighted by atomic mass is 35.5. The second-order valence-corrected chi connectivity index (χ2v) is 3.53. The normalized spacial score (nSPS) is 10.6. The van der Waals surface area contributed by atoms with Gasteiger partial charge in [0.05, 0.1) is 7.11 Å². The van der Waals surface area contributed by atoms with Crippen LogP contribution in [0.3, 0.4) is 0 Å². The van der Waals surface area contributed by atoms with E-state index in [9.17, 15) is 0 Å². The van der Waals surface area contributed by atoms with Gasteiger partial charge in [-0.05, 0) is 12.1 Å². The van der Waals surface area contributed by atoms with Crippen molar-refractivity contribution in [1.82, 2.24) is 4.98 Å². The van der Waals surface area contributed by atoms with Gasteiger partial charge in [-0.25, -0.2) is 4.98 Å². The highest BCUT2D eigenvalue weighted by molar-refractivity contribution is 6.30. The average Bonchev–Trinajstić information content (AvgIpc) is 2.27. The van der Waals surface area contributed by atoms with Crippen molar-refractivity contribution in [1.29, 1.82) is 0 Å². The minimum Gasteiger partial charge on any atom is -0.494 e. The van der Waals surface area contributed by atoms with Crippen molar-refractivity contribution in [2.75, 3.05) is 7.11 Å². The molecule has 0 spiro atoms. The lowest BCUT2D eigenvalue weighted by Crippen LogP contribution is -1.99. The number of methoxy groups -OCH3 is 1. The van der Waals surface area contributed by atoms with E-state index in [1.165, 1.54) is 0 Å². The lowest BCUT2D eigenvalue weighted by Gasteiger charge is -2.07. The van der Waals surface area contributed by atoms with Gasteiger partial charge in [-0.2, -0.15) is 0 Å². The highest BCUT2D eigenvalue weighted by Crippen LogP contribution is 2.27. The first-order chi connectivity index (χ1) is 7.26. The van der Waals surface area contributed by atoms with E-state index in [1.54, 1.807) is 7.11 Å². The van der Waals surface area contributed by atoms with E-state index in [4.69, 9.17) is 22.1 Å². The number of halogens is 1. The summed E-state index contributed by atoms with van der Waals surface area (Å²) in [5, 5.41) is 1.42. The quantitative estimate of drug-likeness (QED) is 0.794. The number of ether oxygens (including phenoxy) is 1. The predicted molar refractivity (Wildman–Crippen MR) is 61.2 cm³/mol. The van der Waals surface area contributed by atoms with Crippen LogP contribution in [0.1, 0.15) is 5.56 Å². The second-order valence-electron chi connectivity index (χ2n) is 3.17. The standard InChI is InChI=1S/C11H11ClN2O/c1-15-9-4-2-3-7-5-8(6-13)11(12)14-10(7)9/h2-5H,6,13H2,1H3. The molecule has 0 saturated carbocycles. The van der Waals surface area contributed by atoms with Crippen molar-refractivity contribution in [3.05, 3.63) is 35.0 Å². The minimum absolute atomic E-state index is 0.388. The zero-order chi connectivity index (χ0) is 10.8. The SMILES string of the molecule is COc1cccc2cc(CN)c(Cl)nc12. The van der Waals surface area contributed by atoms with Crippen molar-refractivity contribution in [2.45, 2.75) is 6.54 Å². The van der Waals surface area contributed by atoms with Crippen LogP contribution in [0.15, 0.2) is 24.3 Å². The third-order valence-electron chi connectivity index (χ3n) is 2.27. The molecule has 1 heterocycles. The molecule has 0 atom stereocenters. The zero-order valence-electron chi connectivity index (χ0n) is 8.33. The van der Waals surface area contributed by atoms with Gasteiger partial charge in [0, 0.05) is 17.5 Å². The van der Waals surface area contributed by atoms with Gasteiger partial charge in [0.15, 0.2) is 0 Å². The Morgan fingerprint density at radius 3 is 2.93 bits per heavy atom. The van der Waals surface area contributed by atoms with Gasteiger partial charge in [0.25, 0.3) is 0 Å². The number of aromatic nitrogens is 1. The molecular weight excluding hydrogens is 212 g/mol. The van der Waals surface area contributed by atoms with Crippen LogP contribution in [-0.4, -0.2) is 12.1 Å². The molecule has 4 heteroatoms. The van der Waals surface area contributed by atoms with Gasteiger partial charge < -0.3 is 10.5 Å². The zero-order valence-corrected chi connectivity index (χ0v) is 9.08. The molecule has 0 unspecified atom stereocenters. The van der Waals surface area contributed by atoms with Gasteiger partial charge in [-0.3, -0.25) is 0 Å². The molecule has 2 N–H and O–H groups in total. The van der Waals surface area contributed by atoms with Gasteiger partial charge in [0.2, 0.25) is 0 Å². The maximum Gasteiger partial charge on any atom is 0.145 e. The van der Waals surface area contributed by atoms with Crippen molar-refractivity contribution in [3.8, 4) is 5.75 Å². The van der Waals surface area contributed by atoms with Crippen LogP contribution in [0.5, 0.6) is 5.75 Å². The molecular formula is C11H11ClN2O. The van der Waals surface area contributed by atoms with E-state index in [0.717, 1.165) is 22.2 Å². The summed E-state index contributed by atoms with van der Waals surface area (Å²) in [5.41, 5.74) is 7.17. The largest absolute Gasteiger partial charge is 0.494 e. The summed E-state index contributed by atoms with van der Waals surface area (Å²) in [6.45, 7) is 0.388. The van der Waals surface area contributed by atoms with Gasteiger partial charge >= 0.3 is 0 Å². The monoisotopic (exact) mass is 222 g/mol. The Morgan fingerprint density at radius 2 is 2.27 bits per heavy atom. The fraction of sp³-hybridized carbons (Fsp3) is 0.182. The molecule has 3 nitrogen and oxygen atoms in total. The van der Waals surface area contributed by atoms with E-state index < -0.39 is 0 Å². The number of nitrogens with zero attached hydrogens (tertiary/aromatic N) is 1. The number of hydrogen-bond donors (Lipinski definition) is 1. The summed E-state index contributed by atoms with van der Waals surface area (Å²) >= 11 is 5.99.